The standard InChI is InChI=1S/C26H23NO7/c1-31-21-10-8-17(12-23(21)32-2)20(28)13-26(30)18-5-3-4-6-19(18)27(25(26)29)14-16-7-9-22-24(11-16)34-15-33-22/h3-12,30H,13-15H2,1-2H3. The third-order valence-electron chi connectivity index (χ3n) is 6.14. The van der Waals surface area contributed by atoms with E-state index in [0.717, 1.165) is 5.56 Å². The molecule has 1 amide bonds. The quantitative estimate of drug-likeness (QED) is 0.539. The van der Waals surface area contributed by atoms with Gasteiger partial charge in [0.05, 0.1) is 32.9 Å². The normalized spacial score (nSPS) is 18.1. The Morgan fingerprint density at radius 3 is 2.56 bits per heavy atom. The van der Waals surface area contributed by atoms with Crippen LogP contribution in [0.2, 0.25) is 0 Å². The molecule has 2 aliphatic heterocycles. The van der Waals surface area contributed by atoms with Gasteiger partial charge in [-0.25, -0.2) is 0 Å². The van der Waals surface area contributed by atoms with Gasteiger partial charge in [-0.05, 0) is 42.0 Å². The van der Waals surface area contributed by atoms with E-state index in [1.54, 1.807) is 48.5 Å². The van der Waals surface area contributed by atoms with Gasteiger partial charge in [-0.2, -0.15) is 0 Å². The van der Waals surface area contributed by atoms with Crippen molar-refractivity contribution in [2.45, 2.75) is 18.6 Å². The van der Waals surface area contributed by atoms with Crippen molar-refractivity contribution in [1.29, 1.82) is 0 Å². The number of carbonyl (C=O) groups is 2. The summed E-state index contributed by atoms with van der Waals surface area (Å²) in [6.07, 6.45) is -0.407. The molecule has 8 nitrogen and oxygen atoms in total. The second-order valence-corrected chi connectivity index (χ2v) is 8.13. The lowest BCUT2D eigenvalue weighted by Crippen LogP contribution is -2.41. The number of para-hydroxylation sites is 1. The van der Waals surface area contributed by atoms with Gasteiger partial charge in [0.1, 0.15) is 0 Å². The summed E-state index contributed by atoms with van der Waals surface area (Å²) in [5.74, 6) is 1.18. The number of ether oxygens (including phenoxy) is 4. The topological polar surface area (TPSA) is 94.5 Å². The van der Waals surface area contributed by atoms with Crippen molar-refractivity contribution in [3.8, 4) is 23.0 Å². The fourth-order valence-corrected chi connectivity index (χ4v) is 4.40. The SMILES string of the molecule is COc1ccc(C(=O)CC2(O)C(=O)N(Cc3ccc4c(c3)OCO4)c3ccccc32)cc1OC. The minimum Gasteiger partial charge on any atom is -0.493 e. The number of hydrogen-bond acceptors (Lipinski definition) is 7. The van der Waals surface area contributed by atoms with Gasteiger partial charge in [0.2, 0.25) is 6.79 Å². The lowest BCUT2D eigenvalue weighted by Gasteiger charge is -2.23. The first-order valence-corrected chi connectivity index (χ1v) is 10.7. The van der Waals surface area contributed by atoms with Crippen LogP contribution < -0.4 is 23.8 Å². The molecule has 8 heteroatoms. The van der Waals surface area contributed by atoms with Crippen LogP contribution in [-0.4, -0.2) is 37.8 Å². The average Bonchev–Trinajstić information content (AvgIpc) is 3.41. The molecule has 1 N–H and O–H groups in total. The zero-order valence-corrected chi connectivity index (χ0v) is 18.7. The maximum atomic E-state index is 13.5. The van der Waals surface area contributed by atoms with Gasteiger partial charge in [0.15, 0.2) is 34.4 Å². The summed E-state index contributed by atoms with van der Waals surface area (Å²) < 4.78 is 21.3. The number of methoxy groups -OCH3 is 2. The van der Waals surface area contributed by atoms with E-state index in [0.29, 0.717) is 39.8 Å². The maximum absolute atomic E-state index is 13.5. The van der Waals surface area contributed by atoms with Crippen LogP contribution in [0.15, 0.2) is 60.7 Å². The van der Waals surface area contributed by atoms with Crippen molar-refractivity contribution in [2.24, 2.45) is 0 Å². The predicted octanol–water partition coefficient (Wildman–Crippen LogP) is 3.44. The molecule has 0 aliphatic carbocycles. The largest absolute Gasteiger partial charge is 0.493 e. The van der Waals surface area contributed by atoms with Crippen molar-refractivity contribution < 1.29 is 33.6 Å². The van der Waals surface area contributed by atoms with E-state index < -0.39 is 23.7 Å². The molecule has 0 aromatic heterocycles. The first-order valence-electron chi connectivity index (χ1n) is 10.7. The first kappa shape index (κ1) is 21.8. The summed E-state index contributed by atoms with van der Waals surface area (Å²) in [7, 11) is 2.98. The molecular weight excluding hydrogens is 438 g/mol. The van der Waals surface area contributed by atoms with Crippen LogP contribution in [0, 0.1) is 0 Å². The number of aliphatic hydroxyl groups is 1. The molecular formula is C26H23NO7. The highest BCUT2D eigenvalue weighted by Crippen LogP contribution is 2.44. The van der Waals surface area contributed by atoms with Crippen LogP contribution in [-0.2, 0) is 16.9 Å². The lowest BCUT2D eigenvalue weighted by molar-refractivity contribution is -0.136. The second kappa shape index (κ2) is 8.39. The number of Topliss-reactive ketones (excluding diaryl/α,β-unsaturated/α-hetero) is 1. The third kappa shape index (κ3) is 3.52. The number of carbonyl (C=O) groups excluding carboxylic acids is 2. The number of rotatable bonds is 7. The minimum absolute atomic E-state index is 0.155. The zero-order chi connectivity index (χ0) is 23.9. The van der Waals surface area contributed by atoms with Crippen molar-refractivity contribution in [2.75, 3.05) is 25.9 Å². The fraction of sp³-hybridized carbons (Fsp3) is 0.231. The molecule has 0 radical (unpaired) electrons. The van der Waals surface area contributed by atoms with Crippen LogP contribution in [0.25, 0.3) is 0 Å². The van der Waals surface area contributed by atoms with E-state index in [4.69, 9.17) is 18.9 Å². The van der Waals surface area contributed by atoms with Gasteiger partial charge in [0, 0.05) is 11.1 Å². The predicted molar refractivity (Wildman–Crippen MR) is 123 cm³/mol. The number of amides is 1. The van der Waals surface area contributed by atoms with E-state index in [1.165, 1.54) is 19.1 Å². The molecule has 3 aromatic rings. The third-order valence-corrected chi connectivity index (χ3v) is 6.14. The summed E-state index contributed by atoms with van der Waals surface area (Å²) in [6, 6.07) is 17.2. The molecule has 1 atom stereocenters. The van der Waals surface area contributed by atoms with Crippen molar-refractivity contribution in [1.82, 2.24) is 0 Å². The second-order valence-electron chi connectivity index (χ2n) is 8.13. The van der Waals surface area contributed by atoms with E-state index in [1.807, 2.05) is 12.1 Å². The molecule has 2 heterocycles. The Bertz CT molecular complexity index is 1290. The molecule has 0 saturated carbocycles. The Hall–Kier alpha value is -4.04. The minimum atomic E-state index is -1.99. The summed E-state index contributed by atoms with van der Waals surface area (Å²) in [4.78, 5) is 28.2. The molecule has 5 rings (SSSR count). The smallest absolute Gasteiger partial charge is 0.264 e. The molecule has 0 saturated heterocycles. The highest BCUT2D eigenvalue weighted by Gasteiger charge is 2.50. The summed E-state index contributed by atoms with van der Waals surface area (Å²) in [5, 5.41) is 11.6. The Kier molecular flexibility index (Phi) is 5.37. The van der Waals surface area contributed by atoms with Crippen LogP contribution in [0.5, 0.6) is 23.0 Å². The van der Waals surface area contributed by atoms with Crippen LogP contribution in [0.3, 0.4) is 0 Å². The van der Waals surface area contributed by atoms with Gasteiger partial charge in [-0.3, -0.25) is 9.59 Å². The summed E-state index contributed by atoms with van der Waals surface area (Å²) >= 11 is 0. The van der Waals surface area contributed by atoms with Crippen molar-refractivity contribution >= 4 is 17.4 Å². The average molecular weight is 461 g/mol. The molecule has 3 aromatic carbocycles. The van der Waals surface area contributed by atoms with Gasteiger partial charge in [-0.1, -0.05) is 24.3 Å². The van der Waals surface area contributed by atoms with Crippen molar-refractivity contribution in [3.05, 3.63) is 77.4 Å². The summed E-state index contributed by atoms with van der Waals surface area (Å²) in [6.45, 7) is 0.363. The molecule has 34 heavy (non-hydrogen) atoms. The Morgan fingerprint density at radius 1 is 1.00 bits per heavy atom. The molecule has 0 fully saturated rings. The number of anilines is 1. The van der Waals surface area contributed by atoms with Gasteiger partial charge in [-0.15, -0.1) is 0 Å². The van der Waals surface area contributed by atoms with E-state index in [-0.39, 0.29) is 13.3 Å². The van der Waals surface area contributed by atoms with E-state index in [2.05, 4.69) is 0 Å². The maximum Gasteiger partial charge on any atom is 0.264 e. The van der Waals surface area contributed by atoms with Crippen LogP contribution in [0.1, 0.15) is 27.9 Å². The molecule has 0 spiro atoms. The van der Waals surface area contributed by atoms with Crippen LogP contribution >= 0.6 is 0 Å². The van der Waals surface area contributed by atoms with E-state index >= 15 is 0 Å². The lowest BCUT2D eigenvalue weighted by atomic mass is 9.88. The number of hydrogen-bond donors (Lipinski definition) is 1. The Labute approximate surface area is 196 Å². The van der Waals surface area contributed by atoms with E-state index in [9.17, 15) is 14.7 Å². The highest BCUT2D eigenvalue weighted by molar-refractivity contribution is 6.10. The number of nitrogens with zero attached hydrogens (tertiary/aromatic N) is 1. The van der Waals surface area contributed by atoms with Crippen molar-refractivity contribution in [3.63, 3.8) is 0 Å². The fourth-order valence-electron chi connectivity index (χ4n) is 4.40. The highest BCUT2D eigenvalue weighted by atomic mass is 16.7. The number of fused-ring (bicyclic) bond motifs is 2. The number of benzene rings is 3. The first-order chi connectivity index (χ1) is 16.4. The molecule has 174 valence electrons. The monoisotopic (exact) mass is 461 g/mol. The Morgan fingerprint density at radius 2 is 1.76 bits per heavy atom. The molecule has 1 unspecified atom stereocenters. The van der Waals surface area contributed by atoms with Gasteiger partial charge >= 0.3 is 0 Å². The number of ketones is 1. The zero-order valence-electron chi connectivity index (χ0n) is 18.7. The Balaban J connectivity index is 1.45. The van der Waals surface area contributed by atoms with Crippen LogP contribution in [0.4, 0.5) is 5.69 Å². The van der Waals surface area contributed by atoms with Gasteiger partial charge in [0.25, 0.3) is 5.91 Å². The summed E-state index contributed by atoms with van der Waals surface area (Å²) in [5.41, 5.74) is 0.0905. The molecule has 2 aliphatic rings. The van der Waals surface area contributed by atoms with Gasteiger partial charge < -0.3 is 29.0 Å². The molecule has 0 bridgehead atoms.